The highest BCUT2D eigenvalue weighted by molar-refractivity contribution is 5.79. The Morgan fingerprint density at radius 2 is 1.82 bits per heavy atom. The minimum absolute atomic E-state index is 0.0454. The Morgan fingerprint density at radius 1 is 1.03 bits per heavy atom. The van der Waals surface area contributed by atoms with E-state index in [0.717, 1.165) is 36.8 Å². The lowest BCUT2D eigenvalue weighted by atomic mass is 9.93. The van der Waals surface area contributed by atoms with Crippen LogP contribution < -0.4 is 9.47 Å². The molecule has 1 saturated carbocycles. The van der Waals surface area contributed by atoms with Crippen LogP contribution in [-0.4, -0.2) is 40.3 Å². The minimum Gasteiger partial charge on any atom is -0.454 e. The quantitative estimate of drug-likeness (QED) is 0.524. The van der Waals surface area contributed by atoms with Gasteiger partial charge in [-0.25, -0.2) is 4.39 Å². The average Bonchev–Trinajstić information content (AvgIpc) is 3.50. The molecule has 0 N–H and O–H groups in total. The number of halogens is 1. The third kappa shape index (κ3) is 4.99. The molecule has 8 heteroatoms. The van der Waals surface area contributed by atoms with Gasteiger partial charge in [0.15, 0.2) is 11.5 Å². The fourth-order valence-electron chi connectivity index (χ4n) is 4.51. The van der Waals surface area contributed by atoms with Gasteiger partial charge >= 0.3 is 0 Å². The maximum atomic E-state index is 13.2. The van der Waals surface area contributed by atoms with E-state index in [0.29, 0.717) is 36.2 Å². The van der Waals surface area contributed by atoms with Gasteiger partial charge < -0.3 is 18.9 Å². The van der Waals surface area contributed by atoms with Crippen LogP contribution >= 0.6 is 0 Å². The lowest BCUT2D eigenvalue weighted by Crippen LogP contribution is -2.43. The molecule has 0 saturated heterocycles. The number of benzene rings is 2. The second-order valence-corrected chi connectivity index (χ2v) is 8.51. The van der Waals surface area contributed by atoms with Crippen molar-refractivity contribution in [1.29, 1.82) is 0 Å². The standard InChI is InChI=1S/C25H26FN3O4/c26-19-9-6-17(7-10-19)14-24(30)29(20-4-2-1-3-5-20)13-12-23-27-25(28-33-23)18-8-11-21-22(15-18)32-16-31-21/h6-11,15,20H,1-5,12-14,16H2. The SMILES string of the molecule is O=C(Cc1ccc(F)cc1)N(CCc1nc(-c2ccc3c(c2)OCO3)no1)C1CCCCC1. The smallest absolute Gasteiger partial charge is 0.231 e. The zero-order valence-electron chi connectivity index (χ0n) is 18.3. The first kappa shape index (κ1) is 21.4. The Balaban J connectivity index is 1.27. The predicted molar refractivity (Wildman–Crippen MR) is 118 cm³/mol. The van der Waals surface area contributed by atoms with Crippen LogP contribution in [0.15, 0.2) is 47.0 Å². The highest BCUT2D eigenvalue weighted by atomic mass is 19.1. The summed E-state index contributed by atoms with van der Waals surface area (Å²) < 4.78 is 29.5. The molecule has 0 spiro atoms. The average molecular weight is 451 g/mol. The van der Waals surface area contributed by atoms with E-state index in [4.69, 9.17) is 14.0 Å². The number of nitrogens with zero attached hydrogens (tertiary/aromatic N) is 3. The van der Waals surface area contributed by atoms with Gasteiger partial charge in [0.2, 0.25) is 24.4 Å². The van der Waals surface area contributed by atoms with Gasteiger partial charge in [0.05, 0.1) is 6.42 Å². The van der Waals surface area contributed by atoms with Crippen molar-refractivity contribution in [3.63, 3.8) is 0 Å². The highest BCUT2D eigenvalue weighted by Gasteiger charge is 2.26. The second kappa shape index (κ2) is 9.60. The Hall–Kier alpha value is -3.42. The molecular formula is C25H26FN3O4. The van der Waals surface area contributed by atoms with Crippen LogP contribution in [0, 0.1) is 5.82 Å². The molecule has 172 valence electrons. The number of amides is 1. The number of hydrogen-bond donors (Lipinski definition) is 0. The van der Waals surface area contributed by atoms with Crippen LogP contribution in [0.3, 0.4) is 0 Å². The van der Waals surface area contributed by atoms with Crippen molar-refractivity contribution in [2.45, 2.75) is 51.0 Å². The van der Waals surface area contributed by atoms with Crippen molar-refractivity contribution in [3.05, 3.63) is 59.7 Å². The maximum Gasteiger partial charge on any atom is 0.231 e. The lowest BCUT2D eigenvalue weighted by molar-refractivity contribution is -0.133. The molecule has 1 fully saturated rings. The Bertz CT molecular complexity index is 1110. The Kier molecular flexibility index (Phi) is 6.24. The molecule has 0 radical (unpaired) electrons. The predicted octanol–water partition coefficient (Wildman–Crippen LogP) is 4.55. The number of rotatable bonds is 7. The summed E-state index contributed by atoms with van der Waals surface area (Å²) in [4.78, 5) is 19.7. The van der Waals surface area contributed by atoms with Crippen molar-refractivity contribution in [3.8, 4) is 22.9 Å². The maximum absolute atomic E-state index is 13.2. The van der Waals surface area contributed by atoms with Gasteiger partial charge in [-0.1, -0.05) is 36.6 Å². The third-order valence-electron chi connectivity index (χ3n) is 6.27. The summed E-state index contributed by atoms with van der Waals surface area (Å²) >= 11 is 0. The molecule has 3 aromatic rings. The van der Waals surface area contributed by atoms with E-state index in [1.807, 2.05) is 23.1 Å². The molecule has 5 rings (SSSR count). The fourth-order valence-corrected chi connectivity index (χ4v) is 4.51. The number of hydrogen-bond acceptors (Lipinski definition) is 6. The van der Waals surface area contributed by atoms with E-state index >= 15 is 0 Å². The summed E-state index contributed by atoms with van der Waals surface area (Å²) in [5.41, 5.74) is 1.59. The highest BCUT2D eigenvalue weighted by Crippen LogP contribution is 2.35. The van der Waals surface area contributed by atoms with E-state index in [9.17, 15) is 9.18 Å². The summed E-state index contributed by atoms with van der Waals surface area (Å²) in [6.07, 6.45) is 6.19. The number of aromatic nitrogens is 2. The first-order valence-corrected chi connectivity index (χ1v) is 11.4. The summed E-state index contributed by atoms with van der Waals surface area (Å²) in [7, 11) is 0. The molecule has 1 amide bonds. The van der Waals surface area contributed by atoms with Gasteiger partial charge in [0.25, 0.3) is 0 Å². The van der Waals surface area contributed by atoms with Gasteiger partial charge in [-0.3, -0.25) is 4.79 Å². The molecule has 0 atom stereocenters. The van der Waals surface area contributed by atoms with Crippen molar-refractivity contribution >= 4 is 5.91 Å². The molecule has 0 bridgehead atoms. The molecule has 33 heavy (non-hydrogen) atoms. The van der Waals surface area contributed by atoms with Crippen LogP contribution in [0.5, 0.6) is 11.5 Å². The fraction of sp³-hybridized carbons (Fsp3) is 0.400. The zero-order valence-corrected chi connectivity index (χ0v) is 18.3. The first-order chi connectivity index (χ1) is 16.2. The summed E-state index contributed by atoms with van der Waals surface area (Å²) in [5, 5.41) is 4.10. The van der Waals surface area contributed by atoms with Gasteiger partial charge in [0, 0.05) is 24.6 Å². The minimum atomic E-state index is -0.301. The topological polar surface area (TPSA) is 77.7 Å². The summed E-state index contributed by atoms with van der Waals surface area (Å²) in [6.45, 7) is 0.715. The second-order valence-electron chi connectivity index (χ2n) is 8.51. The monoisotopic (exact) mass is 451 g/mol. The molecule has 2 aliphatic rings. The molecule has 2 heterocycles. The van der Waals surface area contributed by atoms with Crippen molar-refractivity contribution < 1.29 is 23.2 Å². The zero-order chi connectivity index (χ0) is 22.6. The number of ether oxygens (including phenoxy) is 2. The lowest BCUT2D eigenvalue weighted by Gasteiger charge is -2.34. The van der Waals surface area contributed by atoms with Crippen LogP contribution in [-0.2, 0) is 17.6 Å². The first-order valence-electron chi connectivity index (χ1n) is 11.4. The van der Waals surface area contributed by atoms with Crippen LogP contribution in [0.25, 0.3) is 11.4 Å². The van der Waals surface area contributed by atoms with Gasteiger partial charge in [-0.05, 0) is 48.7 Å². The van der Waals surface area contributed by atoms with Gasteiger partial charge in [0.1, 0.15) is 5.82 Å². The van der Waals surface area contributed by atoms with Crippen LogP contribution in [0.1, 0.15) is 43.6 Å². The van der Waals surface area contributed by atoms with E-state index in [1.54, 1.807) is 12.1 Å². The Labute approximate surface area is 191 Å². The molecule has 1 aromatic heterocycles. The molecule has 0 unspecified atom stereocenters. The Morgan fingerprint density at radius 3 is 2.64 bits per heavy atom. The number of fused-ring (bicyclic) bond motifs is 1. The van der Waals surface area contributed by atoms with E-state index in [1.165, 1.54) is 18.6 Å². The number of carbonyl (C=O) groups is 1. The van der Waals surface area contributed by atoms with Crippen molar-refractivity contribution in [1.82, 2.24) is 15.0 Å². The molecule has 1 aliphatic carbocycles. The summed E-state index contributed by atoms with van der Waals surface area (Å²) in [5.74, 6) is 2.07. The molecular weight excluding hydrogens is 425 g/mol. The third-order valence-corrected chi connectivity index (χ3v) is 6.27. The van der Waals surface area contributed by atoms with E-state index < -0.39 is 0 Å². The van der Waals surface area contributed by atoms with Crippen molar-refractivity contribution in [2.75, 3.05) is 13.3 Å². The normalized spacial score (nSPS) is 15.5. The largest absolute Gasteiger partial charge is 0.454 e. The molecule has 2 aromatic carbocycles. The van der Waals surface area contributed by atoms with Crippen LogP contribution in [0.2, 0.25) is 0 Å². The van der Waals surface area contributed by atoms with Crippen molar-refractivity contribution in [2.24, 2.45) is 0 Å². The van der Waals surface area contributed by atoms with E-state index in [-0.39, 0.29) is 31.0 Å². The summed E-state index contributed by atoms with van der Waals surface area (Å²) in [6, 6.07) is 11.9. The molecule has 7 nitrogen and oxygen atoms in total. The van der Waals surface area contributed by atoms with E-state index in [2.05, 4.69) is 10.1 Å². The molecule has 1 aliphatic heterocycles. The van der Waals surface area contributed by atoms with Gasteiger partial charge in [-0.15, -0.1) is 0 Å². The van der Waals surface area contributed by atoms with Gasteiger partial charge in [-0.2, -0.15) is 4.98 Å². The van der Waals surface area contributed by atoms with Crippen LogP contribution in [0.4, 0.5) is 4.39 Å². The number of carbonyl (C=O) groups excluding carboxylic acids is 1.